The molecule has 0 aromatic heterocycles. The molecule has 1 aromatic rings. The van der Waals surface area contributed by atoms with Crippen LogP contribution in [0.15, 0.2) is 30.3 Å². The fraction of sp³-hybridized carbons (Fsp3) is 0.417. The largest absolute Gasteiger partial charge is 0.591 e. The summed E-state index contributed by atoms with van der Waals surface area (Å²) in [4.78, 5) is 12.9. The predicted octanol–water partition coefficient (Wildman–Crippen LogP) is 0.695. The molecule has 6 heteroatoms. The third-order valence-electron chi connectivity index (χ3n) is 2.80. The maximum absolute atomic E-state index is 11.1. The topological polar surface area (TPSA) is 42.0 Å². The molecule has 0 aliphatic carbocycles. The van der Waals surface area contributed by atoms with Gasteiger partial charge in [-0.1, -0.05) is 18.2 Å². The molecule has 95 valence electrons. The van der Waals surface area contributed by atoms with Gasteiger partial charge in [-0.2, -0.15) is 5.06 Å². The summed E-state index contributed by atoms with van der Waals surface area (Å²) in [5, 5.41) is 1.78. The lowest BCUT2D eigenvalue weighted by molar-refractivity contribution is -0.139. The number of benzene rings is 1. The lowest BCUT2D eigenvalue weighted by Crippen LogP contribution is -2.48. The van der Waals surface area contributed by atoms with Crippen molar-refractivity contribution in [2.75, 3.05) is 26.2 Å². The summed E-state index contributed by atoms with van der Waals surface area (Å²) in [5.41, 5.74) is 0. The van der Waals surface area contributed by atoms with Crippen molar-refractivity contribution in [3.05, 3.63) is 30.3 Å². The van der Waals surface area contributed by atoms with Crippen LogP contribution in [-0.2, 0) is 9.55 Å². The highest BCUT2D eigenvalue weighted by atomic mass is 16.7. The summed E-state index contributed by atoms with van der Waals surface area (Å²) in [7, 11) is 1.32. The lowest BCUT2D eigenvalue weighted by atomic mass is 10.3. The Morgan fingerprint density at radius 3 is 2.44 bits per heavy atom. The van der Waals surface area contributed by atoms with Gasteiger partial charge < -0.3 is 14.3 Å². The second-order valence-electron chi connectivity index (χ2n) is 4.07. The van der Waals surface area contributed by atoms with E-state index in [0.29, 0.717) is 26.2 Å². The van der Waals surface area contributed by atoms with E-state index in [1.165, 1.54) is 7.69 Å². The van der Waals surface area contributed by atoms with Crippen LogP contribution in [0.3, 0.4) is 0 Å². The molecule has 0 spiro atoms. The van der Waals surface area contributed by atoms with Crippen molar-refractivity contribution in [1.29, 1.82) is 0 Å². The van der Waals surface area contributed by atoms with Gasteiger partial charge in [-0.3, -0.25) is 4.79 Å². The van der Waals surface area contributed by atoms with Gasteiger partial charge in [0.05, 0.1) is 0 Å². The fourth-order valence-electron chi connectivity index (χ4n) is 1.75. The molecule has 1 amide bonds. The first-order chi connectivity index (χ1) is 8.75. The number of piperazine rings is 1. The minimum Gasteiger partial charge on any atom is -0.536 e. The molecule has 0 N–H and O–H groups in total. The smallest absolute Gasteiger partial charge is 0.536 e. The molecule has 1 heterocycles. The van der Waals surface area contributed by atoms with E-state index in [2.05, 4.69) is 0 Å². The minimum atomic E-state index is 0.110. The first kappa shape index (κ1) is 12.9. The van der Waals surface area contributed by atoms with E-state index in [9.17, 15) is 4.79 Å². The Morgan fingerprint density at radius 1 is 1.17 bits per heavy atom. The van der Waals surface area contributed by atoms with Gasteiger partial charge >= 0.3 is 7.69 Å². The first-order valence-electron chi connectivity index (χ1n) is 5.96. The fourth-order valence-corrected chi connectivity index (χ4v) is 1.75. The lowest BCUT2D eigenvalue weighted by Gasteiger charge is -2.33. The summed E-state index contributed by atoms with van der Waals surface area (Å²) in [5.74, 6) is 0.846. The van der Waals surface area contributed by atoms with Gasteiger partial charge in [-0.05, 0) is 12.1 Å². The molecule has 0 bridgehead atoms. The molecule has 2 rings (SSSR count). The summed E-state index contributed by atoms with van der Waals surface area (Å²) in [6.07, 6.45) is 0. The summed E-state index contributed by atoms with van der Waals surface area (Å²) >= 11 is 0. The van der Waals surface area contributed by atoms with Crippen molar-refractivity contribution in [3.63, 3.8) is 0 Å². The molecule has 18 heavy (non-hydrogen) atoms. The predicted molar refractivity (Wildman–Crippen MR) is 67.7 cm³/mol. The molecule has 1 saturated heterocycles. The Hall–Kier alpha value is -1.53. The van der Waals surface area contributed by atoms with E-state index >= 15 is 0 Å². The molecule has 0 unspecified atom stereocenters. The highest BCUT2D eigenvalue weighted by Gasteiger charge is 2.19. The van der Waals surface area contributed by atoms with Crippen LogP contribution in [0.1, 0.15) is 6.92 Å². The maximum Gasteiger partial charge on any atom is 0.591 e. The molecule has 5 nitrogen and oxygen atoms in total. The highest BCUT2D eigenvalue weighted by molar-refractivity contribution is 6.19. The molecule has 1 aliphatic heterocycles. The Labute approximate surface area is 108 Å². The van der Waals surface area contributed by atoms with E-state index in [0.717, 1.165) is 5.75 Å². The second kappa shape index (κ2) is 6.42. The van der Waals surface area contributed by atoms with Crippen molar-refractivity contribution in [3.8, 4) is 5.75 Å². The van der Waals surface area contributed by atoms with Gasteiger partial charge in [0.25, 0.3) is 0 Å². The Morgan fingerprint density at radius 2 is 1.83 bits per heavy atom. The van der Waals surface area contributed by atoms with E-state index < -0.39 is 0 Å². The zero-order valence-electron chi connectivity index (χ0n) is 10.4. The molecule has 0 saturated carbocycles. The first-order valence-corrected chi connectivity index (χ1v) is 5.96. The monoisotopic (exact) mass is 247 g/mol. The number of carbonyl (C=O) groups excluding carboxylic acids is 1. The third kappa shape index (κ3) is 3.75. The van der Waals surface area contributed by atoms with Crippen LogP contribution in [0.25, 0.3) is 0 Å². The minimum absolute atomic E-state index is 0.110. The van der Waals surface area contributed by atoms with Crippen LogP contribution in [-0.4, -0.2) is 49.7 Å². The van der Waals surface area contributed by atoms with Crippen LogP contribution < -0.4 is 4.65 Å². The van der Waals surface area contributed by atoms with Crippen LogP contribution in [0.5, 0.6) is 5.75 Å². The Bertz CT molecular complexity index is 380. The number of hydrogen-bond donors (Lipinski definition) is 0. The summed E-state index contributed by atoms with van der Waals surface area (Å²) in [6, 6.07) is 9.43. The van der Waals surface area contributed by atoms with Crippen LogP contribution in [0, 0.1) is 0 Å². The standard InChI is InChI=1S/C12H16BN2O3/c1-11(16)14-7-9-15(10-8-14)18-13-17-12-5-3-2-4-6-12/h2-6H,7-10H2,1H3. The number of rotatable bonds is 4. The SMILES string of the molecule is CC(=O)N1CCN(O[B]Oc2ccccc2)CC1. The third-order valence-corrected chi connectivity index (χ3v) is 2.80. The number of amides is 1. The zero-order chi connectivity index (χ0) is 12.8. The molecule has 0 atom stereocenters. The second-order valence-corrected chi connectivity index (χ2v) is 4.07. The number of hydrogen-bond acceptors (Lipinski definition) is 4. The van der Waals surface area contributed by atoms with Crippen molar-refractivity contribution < 1.29 is 14.2 Å². The van der Waals surface area contributed by atoms with Crippen molar-refractivity contribution >= 4 is 13.6 Å². The van der Waals surface area contributed by atoms with E-state index in [4.69, 9.17) is 9.41 Å². The number of nitrogens with zero attached hydrogens (tertiary/aromatic N) is 2. The molecular weight excluding hydrogens is 231 g/mol. The van der Waals surface area contributed by atoms with Crippen molar-refractivity contribution in [2.45, 2.75) is 6.92 Å². The van der Waals surface area contributed by atoms with Crippen LogP contribution in [0.2, 0.25) is 0 Å². The summed E-state index contributed by atoms with van der Waals surface area (Å²) < 4.78 is 10.7. The van der Waals surface area contributed by atoms with Crippen molar-refractivity contribution in [2.24, 2.45) is 0 Å². The van der Waals surface area contributed by atoms with E-state index in [1.807, 2.05) is 30.3 Å². The average Bonchev–Trinajstić information content (AvgIpc) is 2.40. The summed E-state index contributed by atoms with van der Waals surface area (Å²) in [6.45, 7) is 4.34. The maximum atomic E-state index is 11.1. The van der Waals surface area contributed by atoms with Gasteiger partial charge in [-0.15, -0.1) is 0 Å². The van der Waals surface area contributed by atoms with Gasteiger partial charge in [-0.25, -0.2) is 0 Å². The van der Waals surface area contributed by atoms with Crippen molar-refractivity contribution in [1.82, 2.24) is 9.96 Å². The van der Waals surface area contributed by atoms with Gasteiger partial charge in [0.15, 0.2) is 0 Å². The van der Waals surface area contributed by atoms with Gasteiger partial charge in [0.1, 0.15) is 5.75 Å². The molecule has 1 aromatic carbocycles. The molecule has 1 radical (unpaired) electrons. The normalized spacial score (nSPS) is 16.4. The Kier molecular flexibility index (Phi) is 4.61. The van der Waals surface area contributed by atoms with Crippen LogP contribution in [0.4, 0.5) is 0 Å². The van der Waals surface area contributed by atoms with E-state index in [1.54, 1.807) is 16.9 Å². The highest BCUT2D eigenvalue weighted by Crippen LogP contribution is 2.08. The van der Waals surface area contributed by atoms with E-state index in [-0.39, 0.29) is 5.91 Å². The molecule has 1 fully saturated rings. The molecular formula is C12H16BN2O3. The number of hydroxylamine groups is 2. The zero-order valence-corrected chi connectivity index (χ0v) is 10.4. The average molecular weight is 247 g/mol. The quantitative estimate of drug-likeness (QED) is 0.734. The van der Waals surface area contributed by atoms with Gasteiger partial charge in [0, 0.05) is 33.1 Å². The Balaban J connectivity index is 1.65. The molecule has 1 aliphatic rings. The van der Waals surface area contributed by atoms with Crippen LogP contribution >= 0.6 is 0 Å². The van der Waals surface area contributed by atoms with Gasteiger partial charge in [0.2, 0.25) is 5.91 Å². The number of carbonyl (C=O) groups is 1. The number of para-hydroxylation sites is 1.